The highest BCUT2D eigenvalue weighted by atomic mass is 32.1. The summed E-state index contributed by atoms with van der Waals surface area (Å²) < 4.78 is 16.7. The standard InChI is InChI=1S/C26H29N3O3S/c1-5-31-22-12-7-18(15-23(22)32-6-2)13-14-27-25-24-21(16-33-26(24)29-17(3)28-25)19-8-10-20(30-4)11-9-19/h7-12,15-16H,5-6,13-14H2,1-4H3,(H,27,28,29). The highest BCUT2D eigenvalue weighted by Crippen LogP contribution is 2.37. The lowest BCUT2D eigenvalue weighted by Gasteiger charge is -2.13. The van der Waals surface area contributed by atoms with E-state index in [1.54, 1.807) is 18.4 Å². The Morgan fingerprint density at radius 2 is 1.70 bits per heavy atom. The van der Waals surface area contributed by atoms with Crippen LogP contribution in [-0.2, 0) is 6.42 Å². The number of aryl methyl sites for hydroxylation is 1. The van der Waals surface area contributed by atoms with Gasteiger partial charge in [0.15, 0.2) is 11.5 Å². The lowest BCUT2D eigenvalue weighted by molar-refractivity contribution is 0.287. The molecule has 0 fully saturated rings. The maximum absolute atomic E-state index is 5.77. The first-order valence-electron chi connectivity index (χ1n) is 11.2. The van der Waals surface area contributed by atoms with Crippen LogP contribution in [0.25, 0.3) is 21.3 Å². The first-order chi connectivity index (χ1) is 16.1. The Labute approximate surface area is 198 Å². The highest BCUT2D eigenvalue weighted by molar-refractivity contribution is 7.17. The molecule has 4 rings (SSSR count). The summed E-state index contributed by atoms with van der Waals surface area (Å²) in [7, 11) is 1.68. The maximum Gasteiger partial charge on any atom is 0.161 e. The fraction of sp³-hybridized carbons (Fsp3) is 0.308. The van der Waals surface area contributed by atoms with Crippen LogP contribution in [0.5, 0.6) is 17.2 Å². The van der Waals surface area contributed by atoms with Crippen molar-refractivity contribution in [3.63, 3.8) is 0 Å². The van der Waals surface area contributed by atoms with Crippen LogP contribution in [0.2, 0.25) is 0 Å². The van der Waals surface area contributed by atoms with E-state index >= 15 is 0 Å². The molecule has 0 aliphatic rings. The number of hydrogen-bond donors (Lipinski definition) is 1. The minimum atomic E-state index is 0.603. The van der Waals surface area contributed by atoms with Gasteiger partial charge in [-0.05, 0) is 62.6 Å². The van der Waals surface area contributed by atoms with E-state index in [1.165, 1.54) is 5.56 Å². The molecule has 2 heterocycles. The van der Waals surface area contributed by atoms with E-state index in [9.17, 15) is 0 Å². The summed E-state index contributed by atoms with van der Waals surface area (Å²) in [6, 6.07) is 14.2. The second-order valence-electron chi connectivity index (χ2n) is 7.50. The van der Waals surface area contributed by atoms with Crippen LogP contribution < -0.4 is 19.5 Å². The van der Waals surface area contributed by atoms with E-state index in [1.807, 2.05) is 39.0 Å². The third-order valence-corrected chi connectivity index (χ3v) is 6.13. The number of ether oxygens (including phenoxy) is 3. The molecule has 172 valence electrons. The minimum absolute atomic E-state index is 0.603. The van der Waals surface area contributed by atoms with Gasteiger partial charge in [0, 0.05) is 17.5 Å². The maximum atomic E-state index is 5.77. The van der Waals surface area contributed by atoms with Crippen molar-refractivity contribution in [2.45, 2.75) is 27.2 Å². The molecule has 4 aromatic rings. The summed E-state index contributed by atoms with van der Waals surface area (Å²) in [5.41, 5.74) is 3.42. The van der Waals surface area contributed by atoms with Gasteiger partial charge in [0.05, 0.1) is 25.7 Å². The van der Waals surface area contributed by atoms with E-state index in [-0.39, 0.29) is 0 Å². The molecule has 1 N–H and O–H groups in total. The average Bonchev–Trinajstić information content (AvgIpc) is 3.25. The number of benzene rings is 2. The summed E-state index contributed by atoms with van der Waals surface area (Å²) in [6.07, 6.45) is 0.832. The Morgan fingerprint density at radius 3 is 2.42 bits per heavy atom. The summed E-state index contributed by atoms with van der Waals surface area (Å²) in [4.78, 5) is 10.4. The van der Waals surface area contributed by atoms with Gasteiger partial charge in [-0.25, -0.2) is 9.97 Å². The Morgan fingerprint density at radius 1 is 0.939 bits per heavy atom. The third-order valence-electron chi connectivity index (χ3n) is 5.26. The van der Waals surface area contributed by atoms with Crippen LogP contribution in [0, 0.1) is 6.92 Å². The van der Waals surface area contributed by atoms with Crippen molar-refractivity contribution in [1.82, 2.24) is 9.97 Å². The largest absolute Gasteiger partial charge is 0.497 e. The quantitative estimate of drug-likeness (QED) is 0.305. The van der Waals surface area contributed by atoms with Crippen molar-refractivity contribution in [2.75, 3.05) is 32.2 Å². The normalized spacial score (nSPS) is 10.9. The number of aromatic nitrogens is 2. The molecule has 0 atom stereocenters. The van der Waals surface area contributed by atoms with Crippen LogP contribution in [0.15, 0.2) is 47.8 Å². The van der Waals surface area contributed by atoms with Gasteiger partial charge in [-0.1, -0.05) is 18.2 Å². The lowest BCUT2D eigenvalue weighted by atomic mass is 10.1. The Bertz CT molecular complexity index is 1220. The number of nitrogens with one attached hydrogen (secondary N) is 1. The molecule has 0 unspecified atom stereocenters. The average molecular weight is 464 g/mol. The Balaban J connectivity index is 1.56. The number of anilines is 1. The van der Waals surface area contributed by atoms with Crippen molar-refractivity contribution >= 4 is 27.4 Å². The number of hydrogen-bond acceptors (Lipinski definition) is 7. The van der Waals surface area contributed by atoms with Gasteiger partial charge in [0.1, 0.15) is 22.2 Å². The molecule has 0 saturated carbocycles. The van der Waals surface area contributed by atoms with Crippen LogP contribution >= 0.6 is 11.3 Å². The lowest BCUT2D eigenvalue weighted by Crippen LogP contribution is -2.08. The fourth-order valence-electron chi connectivity index (χ4n) is 3.74. The van der Waals surface area contributed by atoms with Crippen molar-refractivity contribution < 1.29 is 14.2 Å². The molecule has 0 aliphatic carbocycles. The molecule has 33 heavy (non-hydrogen) atoms. The van der Waals surface area contributed by atoms with Gasteiger partial charge in [0.25, 0.3) is 0 Å². The van der Waals surface area contributed by atoms with E-state index in [0.717, 1.165) is 63.2 Å². The van der Waals surface area contributed by atoms with Crippen molar-refractivity contribution in [3.05, 3.63) is 59.2 Å². The Hall–Kier alpha value is -3.32. The van der Waals surface area contributed by atoms with Gasteiger partial charge in [0.2, 0.25) is 0 Å². The van der Waals surface area contributed by atoms with E-state index in [0.29, 0.717) is 13.2 Å². The Kier molecular flexibility index (Phi) is 7.29. The van der Waals surface area contributed by atoms with Crippen LogP contribution in [0.1, 0.15) is 25.2 Å². The van der Waals surface area contributed by atoms with E-state index in [2.05, 4.69) is 39.9 Å². The fourth-order valence-corrected chi connectivity index (χ4v) is 4.73. The number of methoxy groups -OCH3 is 1. The van der Waals surface area contributed by atoms with Crippen molar-refractivity contribution in [2.24, 2.45) is 0 Å². The van der Waals surface area contributed by atoms with Gasteiger partial charge in [-0.15, -0.1) is 11.3 Å². The number of nitrogens with zero attached hydrogens (tertiary/aromatic N) is 2. The number of fused-ring (bicyclic) bond motifs is 1. The van der Waals surface area contributed by atoms with E-state index in [4.69, 9.17) is 19.2 Å². The van der Waals surface area contributed by atoms with Crippen molar-refractivity contribution in [3.8, 4) is 28.4 Å². The SMILES string of the molecule is CCOc1ccc(CCNc2nc(C)nc3scc(-c4ccc(OC)cc4)c23)cc1OCC. The zero-order chi connectivity index (χ0) is 23.2. The van der Waals surface area contributed by atoms with E-state index < -0.39 is 0 Å². The van der Waals surface area contributed by atoms with Gasteiger partial charge in [-0.2, -0.15) is 0 Å². The molecule has 0 aliphatic heterocycles. The molecule has 7 heteroatoms. The summed E-state index contributed by atoms with van der Waals surface area (Å²) in [5, 5.41) is 6.74. The molecule has 2 aromatic carbocycles. The highest BCUT2D eigenvalue weighted by Gasteiger charge is 2.15. The summed E-state index contributed by atoms with van der Waals surface area (Å²) in [5.74, 6) is 4.03. The number of rotatable bonds is 10. The monoisotopic (exact) mass is 463 g/mol. The molecule has 0 spiro atoms. The first kappa shape index (κ1) is 22.9. The number of thiophene rings is 1. The zero-order valence-corrected chi connectivity index (χ0v) is 20.3. The topological polar surface area (TPSA) is 65.5 Å². The van der Waals surface area contributed by atoms with Gasteiger partial charge in [-0.3, -0.25) is 0 Å². The van der Waals surface area contributed by atoms with Crippen LogP contribution in [-0.4, -0.2) is 36.8 Å². The summed E-state index contributed by atoms with van der Waals surface area (Å²) in [6.45, 7) is 7.84. The third kappa shape index (κ3) is 5.20. The molecule has 0 saturated heterocycles. The van der Waals surface area contributed by atoms with Gasteiger partial charge < -0.3 is 19.5 Å². The molecule has 0 radical (unpaired) electrons. The van der Waals surface area contributed by atoms with Crippen LogP contribution in [0.4, 0.5) is 5.82 Å². The first-order valence-corrected chi connectivity index (χ1v) is 12.0. The zero-order valence-electron chi connectivity index (χ0n) is 19.5. The van der Waals surface area contributed by atoms with Gasteiger partial charge >= 0.3 is 0 Å². The summed E-state index contributed by atoms with van der Waals surface area (Å²) >= 11 is 1.64. The molecule has 2 aromatic heterocycles. The van der Waals surface area contributed by atoms with Crippen LogP contribution in [0.3, 0.4) is 0 Å². The smallest absolute Gasteiger partial charge is 0.161 e. The second kappa shape index (κ2) is 10.5. The second-order valence-corrected chi connectivity index (χ2v) is 8.36. The molecule has 0 bridgehead atoms. The predicted octanol–water partition coefficient (Wildman–Crippen LogP) is 6.13. The predicted molar refractivity (Wildman–Crippen MR) is 135 cm³/mol. The molecular weight excluding hydrogens is 434 g/mol. The minimum Gasteiger partial charge on any atom is -0.497 e. The molecule has 6 nitrogen and oxygen atoms in total. The van der Waals surface area contributed by atoms with Crippen molar-refractivity contribution in [1.29, 1.82) is 0 Å². The molecule has 0 amide bonds. The molecular formula is C26H29N3O3S.